The van der Waals surface area contributed by atoms with E-state index < -0.39 is 11.6 Å². The van der Waals surface area contributed by atoms with Gasteiger partial charge in [0, 0.05) is 0 Å². The Kier molecular flexibility index (Phi) is 1.87. The average molecular weight is 157 g/mol. The zero-order valence-corrected chi connectivity index (χ0v) is 5.87. The third-order valence-electron chi connectivity index (χ3n) is 1.67. The third kappa shape index (κ3) is 2.01. The van der Waals surface area contributed by atoms with Gasteiger partial charge in [-0.15, -0.1) is 0 Å². The summed E-state index contributed by atoms with van der Waals surface area (Å²) < 4.78 is 0. The monoisotopic (exact) mass is 157 g/mol. The van der Waals surface area contributed by atoms with Crippen LogP contribution in [-0.4, -0.2) is 23.3 Å². The lowest BCUT2D eigenvalue weighted by atomic mass is 10.3. The van der Waals surface area contributed by atoms with Crippen LogP contribution in [-0.2, 0) is 0 Å². The second-order valence-electron chi connectivity index (χ2n) is 2.61. The molecule has 1 fully saturated rings. The van der Waals surface area contributed by atoms with Crippen LogP contribution in [0, 0.1) is 5.53 Å². The largest absolute Gasteiger partial charge is 0.465 e. The van der Waals surface area contributed by atoms with Gasteiger partial charge >= 0.3 is 6.09 Å². The van der Waals surface area contributed by atoms with Crippen molar-refractivity contribution in [3.05, 3.63) is 0 Å². The molecule has 11 heavy (non-hydrogen) atoms. The van der Waals surface area contributed by atoms with Crippen LogP contribution in [0.5, 0.6) is 0 Å². The van der Waals surface area contributed by atoms with E-state index in [0.29, 0.717) is 0 Å². The summed E-state index contributed by atoms with van der Waals surface area (Å²) >= 11 is 0. The van der Waals surface area contributed by atoms with Crippen LogP contribution >= 0.6 is 0 Å². The van der Waals surface area contributed by atoms with E-state index >= 15 is 0 Å². The van der Waals surface area contributed by atoms with Gasteiger partial charge in [-0.05, 0) is 12.8 Å². The number of amides is 1. The first-order chi connectivity index (χ1) is 5.18. The number of carboxylic acid groups (broad SMARTS) is 1. The lowest BCUT2D eigenvalue weighted by Gasteiger charge is -2.07. The molecule has 0 aliphatic heterocycles. The summed E-state index contributed by atoms with van der Waals surface area (Å²) in [5.41, 5.74) is 5.97. The minimum absolute atomic E-state index is 0.281. The number of nitrogens with zero attached hydrogens (tertiary/aromatic N) is 2. The molecule has 0 heterocycles. The summed E-state index contributed by atoms with van der Waals surface area (Å²) in [4.78, 5) is 13.0. The van der Waals surface area contributed by atoms with Crippen molar-refractivity contribution in [2.24, 2.45) is 5.11 Å². The van der Waals surface area contributed by atoms with E-state index in [1.807, 2.05) is 0 Å². The lowest BCUT2D eigenvalue weighted by molar-refractivity contribution is 0.188. The summed E-state index contributed by atoms with van der Waals surface area (Å²) in [6.45, 7) is 0.281. The molecule has 0 aromatic heterocycles. The number of carbonyl (C=O) groups is 1. The highest BCUT2D eigenvalue weighted by Crippen LogP contribution is 2.35. The van der Waals surface area contributed by atoms with Crippen LogP contribution in [0.3, 0.4) is 0 Å². The second kappa shape index (κ2) is 2.67. The second-order valence-corrected chi connectivity index (χ2v) is 2.61. The summed E-state index contributed by atoms with van der Waals surface area (Å²) in [5.74, 6) is 0. The summed E-state index contributed by atoms with van der Waals surface area (Å²) in [6.07, 6.45) is 0.541. The zero-order valence-electron chi connectivity index (χ0n) is 5.87. The van der Waals surface area contributed by atoms with Crippen LogP contribution < -0.4 is 10.2 Å². The number of hydrogen-bond acceptors (Lipinski definition) is 3. The van der Waals surface area contributed by atoms with Crippen LogP contribution in [0.1, 0.15) is 12.8 Å². The third-order valence-corrected chi connectivity index (χ3v) is 1.67. The molecule has 1 saturated carbocycles. The Bertz CT molecular complexity index is 211. The molecule has 6 heteroatoms. The molecule has 0 saturated heterocycles. The van der Waals surface area contributed by atoms with Gasteiger partial charge in [-0.3, -0.25) is 0 Å². The summed E-state index contributed by atoms with van der Waals surface area (Å²) in [6, 6.07) is 0. The smallest absolute Gasteiger partial charge is 0.405 e. The highest BCUT2D eigenvalue weighted by molar-refractivity contribution is 5.66. The highest BCUT2D eigenvalue weighted by atomic mass is 16.4. The van der Waals surface area contributed by atoms with Gasteiger partial charge in [-0.1, -0.05) is 0 Å². The molecule has 0 aromatic carbocycles. The van der Waals surface area contributed by atoms with Gasteiger partial charge in [0.1, 0.15) is 17.2 Å². The van der Waals surface area contributed by atoms with Crippen molar-refractivity contribution in [3.63, 3.8) is 0 Å². The van der Waals surface area contributed by atoms with Gasteiger partial charge < -0.3 is 10.4 Å². The Labute approximate surface area is 62.8 Å². The molecular formula is C5H9N4O2+. The molecule has 60 valence electrons. The van der Waals surface area contributed by atoms with Gasteiger partial charge in [0.15, 0.2) is 0 Å². The van der Waals surface area contributed by atoms with Crippen molar-refractivity contribution in [2.75, 3.05) is 6.54 Å². The van der Waals surface area contributed by atoms with E-state index in [1.54, 1.807) is 0 Å². The Morgan fingerprint density at radius 2 is 2.45 bits per heavy atom. The van der Waals surface area contributed by atoms with Crippen molar-refractivity contribution < 1.29 is 9.90 Å². The molecule has 1 aliphatic rings. The molecule has 0 bridgehead atoms. The lowest BCUT2D eigenvalue weighted by Crippen LogP contribution is -2.38. The molecule has 1 amide bonds. The molecule has 1 rings (SSSR count). The summed E-state index contributed by atoms with van der Waals surface area (Å²) in [7, 11) is 0. The maximum atomic E-state index is 10.2. The average Bonchev–Trinajstić information content (AvgIpc) is 2.64. The maximum Gasteiger partial charge on any atom is 0.405 e. The Balaban J connectivity index is 2.40. The van der Waals surface area contributed by atoms with Crippen LogP contribution in [0.2, 0.25) is 0 Å². The molecule has 0 unspecified atom stereocenters. The van der Waals surface area contributed by atoms with E-state index in [4.69, 9.17) is 10.6 Å². The fourth-order valence-electron chi connectivity index (χ4n) is 0.871. The fraction of sp³-hybridized carbons (Fsp3) is 0.800. The summed E-state index contributed by atoms with van der Waals surface area (Å²) in [5, 5.41) is 14.1. The van der Waals surface area contributed by atoms with Crippen LogP contribution in [0.4, 0.5) is 4.79 Å². The first-order valence-corrected chi connectivity index (χ1v) is 3.23. The number of rotatable bonds is 3. The van der Waals surface area contributed by atoms with E-state index in [1.165, 1.54) is 0 Å². The molecule has 6 nitrogen and oxygen atoms in total. The predicted octanol–water partition coefficient (Wildman–Crippen LogP) is 0.337. The Hall–Kier alpha value is -1.42. The van der Waals surface area contributed by atoms with E-state index in [-0.39, 0.29) is 6.54 Å². The zero-order chi connectivity index (χ0) is 8.32. The van der Waals surface area contributed by atoms with E-state index in [9.17, 15) is 4.79 Å². The SMILES string of the molecule is N=[N+]=NCC1(NC(=O)O)CC1. The normalized spacial score (nSPS) is 18.2. The quantitative estimate of drug-likeness (QED) is 0.406. The standard InChI is InChI=1S/C5H8N4O2/c6-9-7-3-5(1-2-5)8-4(10)11/h6,8H,1-3H2/p+1. The highest BCUT2D eigenvalue weighted by Gasteiger charge is 2.45. The molecule has 0 radical (unpaired) electrons. The van der Waals surface area contributed by atoms with E-state index in [0.717, 1.165) is 12.8 Å². The van der Waals surface area contributed by atoms with Crippen molar-refractivity contribution in [3.8, 4) is 0 Å². The molecule has 0 aromatic rings. The van der Waals surface area contributed by atoms with Gasteiger partial charge in [-0.2, -0.15) is 0 Å². The van der Waals surface area contributed by atoms with Gasteiger partial charge in [-0.25, -0.2) is 4.79 Å². The van der Waals surface area contributed by atoms with Crippen molar-refractivity contribution in [1.29, 1.82) is 5.53 Å². The van der Waals surface area contributed by atoms with Crippen molar-refractivity contribution in [1.82, 2.24) is 10.2 Å². The van der Waals surface area contributed by atoms with Gasteiger partial charge in [0.2, 0.25) is 4.91 Å². The fourth-order valence-corrected chi connectivity index (χ4v) is 0.871. The van der Waals surface area contributed by atoms with Gasteiger partial charge in [0.05, 0.1) is 5.54 Å². The molecule has 3 N–H and O–H groups in total. The minimum atomic E-state index is -1.04. The number of hydrogen-bond donors (Lipinski definition) is 3. The first-order valence-electron chi connectivity index (χ1n) is 3.23. The Morgan fingerprint density at radius 3 is 2.82 bits per heavy atom. The van der Waals surface area contributed by atoms with Crippen LogP contribution in [0.15, 0.2) is 5.11 Å². The number of nitrogens with one attached hydrogen (secondary N) is 2. The maximum absolute atomic E-state index is 10.2. The van der Waals surface area contributed by atoms with Crippen molar-refractivity contribution in [2.45, 2.75) is 18.4 Å². The van der Waals surface area contributed by atoms with Crippen molar-refractivity contribution >= 4 is 6.09 Å². The molecule has 1 aliphatic carbocycles. The topological polar surface area (TPSA) is 99.6 Å². The molecule has 0 atom stereocenters. The Morgan fingerprint density at radius 1 is 1.82 bits per heavy atom. The van der Waals surface area contributed by atoms with E-state index in [2.05, 4.69) is 15.3 Å². The van der Waals surface area contributed by atoms with Crippen LogP contribution in [0.25, 0.3) is 0 Å². The molecular weight excluding hydrogens is 148 g/mol. The minimum Gasteiger partial charge on any atom is -0.465 e. The first kappa shape index (κ1) is 7.68. The van der Waals surface area contributed by atoms with Gasteiger partial charge in [0.25, 0.3) is 0 Å². The molecule has 0 spiro atoms. The predicted molar refractivity (Wildman–Crippen MR) is 35.3 cm³/mol.